The third-order valence-corrected chi connectivity index (χ3v) is 3.48. The predicted octanol–water partition coefficient (Wildman–Crippen LogP) is 3.58. The van der Waals surface area contributed by atoms with E-state index >= 15 is 0 Å². The Morgan fingerprint density at radius 1 is 1.20 bits per heavy atom. The maximum atomic E-state index is 5.33. The van der Waals surface area contributed by atoms with Crippen LogP contribution in [0.1, 0.15) is 25.1 Å². The molecule has 0 aliphatic carbocycles. The highest BCUT2D eigenvalue weighted by Crippen LogP contribution is 2.15. The molecular formula is C15H20N4S. The van der Waals surface area contributed by atoms with Crippen LogP contribution < -0.4 is 10.6 Å². The van der Waals surface area contributed by atoms with E-state index in [0.29, 0.717) is 5.11 Å². The first-order chi connectivity index (χ1) is 9.63. The summed E-state index contributed by atoms with van der Waals surface area (Å²) in [5.74, 6) is 0. The van der Waals surface area contributed by atoms with Gasteiger partial charge in [-0.2, -0.15) is 5.10 Å². The Balaban J connectivity index is 1.99. The van der Waals surface area contributed by atoms with Crippen molar-refractivity contribution in [2.24, 2.45) is 0 Å². The summed E-state index contributed by atoms with van der Waals surface area (Å²) in [6, 6.07) is 8.28. The van der Waals surface area contributed by atoms with E-state index in [1.54, 1.807) is 6.20 Å². The van der Waals surface area contributed by atoms with Gasteiger partial charge in [0.25, 0.3) is 0 Å². The van der Waals surface area contributed by atoms with E-state index in [2.05, 4.69) is 41.7 Å². The lowest BCUT2D eigenvalue weighted by Gasteiger charge is -2.10. The van der Waals surface area contributed by atoms with Crippen LogP contribution in [0.15, 0.2) is 30.5 Å². The molecule has 0 fully saturated rings. The van der Waals surface area contributed by atoms with Crippen LogP contribution in [0.3, 0.4) is 0 Å². The number of thiocarbonyl (C=S) groups is 1. The van der Waals surface area contributed by atoms with Gasteiger partial charge in [0.1, 0.15) is 0 Å². The van der Waals surface area contributed by atoms with Gasteiger partial charge in [-0.05, 0) is 50.2 Å². The fourth-order valence-corrected chi connectivity index (χ4v) is 2.22. The first kappa shape index (κ1) is 14.5. The van der Waals surface area contributed by atoms with Crippen LogP contribution in [0.5, 0.6) is 0 Å². The maximum absolute atomic E-state index is 5.33. The Kier molecular flexibility index (Phi) is 4.74. The second-order valence-corrected chi connectivity index (χ2v) is 5.00. The van der Waals surface area contributed by atoms with E-state index in [1.807, 2.05) is 23.7 Å². The molecule has 1 aromatic carbocycles. The SMILES string of the molecule is CCc1ccc(NC(=S)Nc2cnn(CC)c2C)cc1. The van der Waals surface area contributed by atoms with Crippen molar-refractivity contribution in [1.29, 1.82) is 0 Å². The normalized spacial score (nSPS) is 10.3. The van der Waals surface area contributed by atoms with Crippen LogP contribution in [0.4, 0.5) is 11.4 Å². The number of rotatable bonds is 4. The van der Waals surface area contributed by atoms with Crippen molar-refractivity contribution >= 4 is 28.7 Å². The maximum Gasteiger partial charge on any atom is 0.175 e. The van der Waals surface area contributed by atoms with Crippen molar-refractivity contribution in [2.45, 2.75) is 33.7 Å². The summed E-state index contributed by atoms with van der Waals surface area (Å²) in [7, 11) is 0. The lowest BCUT2D eigenvalue weighted by molar-refractivity contribution is 0.640. The molecule has 0 amide bonds. The first-order valence-corrected chi connectivity index (χ1v) is 7.24. The van der Waals surface area contributed by atoms with Gasteiger partial charge in [-0.3, -0.25) is 4.68 Å². The van der Waals surface area contributed by atoms with Gasteiger partial charge in [0.05, 0.1) is 17.6 Å². The smallest absolute Gasteiger partial charge is 0.175 e. The molecule has 1 aromatic heterocycles. The summed E-state index contributed by atoms with van der Waals surface area (Å²) >= 11 is 5.33. The monoisotopic (exact) mass is 288 g/mol. The van der Waals surface area contributed by atoms with Gasteiger partial charge in [0.2, 0.25) is 0 Å². The zero-order valence-corrected chi connectivity index (χ0v) is 12.9. The van der Waals surface area contributed by atoms with Gasteiger partial charge in [-0.15, -0.1) is 0 Å². The summed E-state index contributed by atoms with van der Waals surface area (Å²) in [5.41, 5.74) is 4.32. The van der Waals surface area contributed by atoms with E-state index < -0.39 is 0 Å². The van der Waals surface area contributed by atoms with Crippen LogP contribution in [0.2, 0.25) is 0 Å². The Hall–Kier alpha value is -1.88. The molecule has 0 unspecified atom stereocenters. The molecule has 0 spiro atoms. The average Bonchev–Trinajstić information content (AvgIpc) is 2.80. The van der Waals surface area contributed by atoms with Gasteiger partial charge >= 0.3 is 0 Å². The van der Waals surface area contributed by atoms with E-state index in [4.69, 9.17) is 12.2 Å². The third-order valence-electron chi connectivity index (χ3n) is 3.27. The van der Waals surface area contributed by atoms with Crippen molar-refractivity contribution in [3.8, 4) is 0 Å². The van der Waals surface area contributed by atoms with Crippen LogP contribution in [-0.4, -0.2) is 14.9 Å². The van der Waals surface area contributed by atoms with E-state index in [0.717, 1.165) is 30.0 Å². The highest BCUT2D eigenvalue weighted by atomic mass is 32.1. The Morgan fingerprint density at radius 3 is 2.45 bits per heavy atom. The van der Waals surface area contributed by atoms with Crippen LogP contribution in [-0.2, 0) is 13.0 Å². The average molecular weight is 288 g/mol. The lowest BCUT2D eigenvalue weighted by Crippen LogP contribution is -2.19. The van der Waals surface area contributed by atoms with Crippen molar-refractivity contribution in [2.75, 3.05) is 10.6 Å². The number of anilines is 2. The molecule has 5 heteroatoms. The molecule has 0 atom stereocenters. The van der Waals surface area contributed by atoms with Crippen LogP contribution in [0.25, 0.3) is 0 Å². The third kappa shape index (κ3) is 3.36. The largest absolute Gasteiger partial charge is 0.332 e. The number of nitrogens with one attached hydrogen (secondary N) is 2. The highest BCUT2D eigenvalue weighted by Gasteiger charge is 2.06. The molecule has 2 N–H and O–H groups in total. The van der Waals surface area contributed by atoms with Crippen LogP contribution in [0, 0.1) is 6.92 Å². The fraction of sp³-hybridized carbons (Fsp3) is 0.333. The molecule has 0 saturated heterocycles. The second kappa shape index (κ2) is 6.52. The summed E-state index contributed by atoms with van der Waals surface area (Å²) in [5, 5.41) is 11.2. The quantitative estimate of drug-likeness (QED) is 0.844. The Morgan fingerprint density at radius 2 is 1.90 bits per heavy atom. The van der Waals surface area contributed by atoms with Crippen molar-refractivity contribution in [3.63, 3.8) is 0 Å². The van der Waals surface area contributed by atoms with Crippen LogP contribution >= 0.6 is 12.2 Å². The van der Waals surface area contributed by atoms with Gasteiger partial charge in [-0.25, -0.2) is 0 Å². The van der Waals surface area contributed by atoms with Gasteiger partial charge in [-0.1, -0.05) is 19.1 Å². The summed E-state index contributed by atoms with van der Waals surface area (Å²) in [6.07, 6.45) is 2.84. The minimum absolute atomic E-state index is 0.577. The standard InChI is InChI=1S/C15H20N4S/c1-4-12-6-8-13(9-7-12)17-15(20)18-14-10-16-19(5-2)11(14)3/h6-10H,4-5H2,1-3H3,(H2,17,18,20). The minimum Gasteiger partial charge on any atom is -0.332 e. The summed E-state index contributed by atoms with van der Waals surface area (Å²) in [4.78, 5) is 0. The number of hydrogen-bond donors (Lipinski definition) is 2. The molecule has 0 radical (unpaired) electrons. The number of aromatic nitrogens is 2. The van der Waals surface area contributed by atoms with E-state index in [1.165, 1.54) is 5.56 Å². The van der Waals surface area contributed by atoms with E-state index in [9.17, 15) is 0 Å². The fourth-order valence-electron chi connectivity index (χ4n) is 2.00. The highest BCUT2D eigenvalue weighted by molar-refractivity contribution is 7.80. The molecule has 20 heavy (non-hydrogen) atoms. The number of aryl methyl sites for hydroxylation is 2. The number of hydrogen-bond acceptors (Lipinski definition) is 2. The summed E-state index contributed by atoms with van der Waals surface area (Å²) in [6.45, 7) is 7.09. The molecular weight excluding hydrogens is 268 g/mol. The van der Waals surface area contributed by atoms with Gasteiger partial charge in [0, 0.05) is 12.2 Å². The van der Waals surface area contributed by atoms with Gasteiger partial charge < -0.3 is 10.6 Å². The van der Waals surface area contributed by atoms with Crippen molar-refractivity contribution in [1.82, 2.24) is 9.78 Å². The number of benzene rings is 1. The topological polar surface area (TPSA) is 41.9 Å². The lowest BCUT2D eigenvalue weighted by atomic mass is 10.1. The molecule has 1 heterocycles. The molecule has 4 nitrogen and oxygen atoms in total. The van der Waals surface area contributed by atoms with Crippen molar-refractivity contribution in [3.05, 3.63) is 41.7 Å². The molecule has 0 bridgehead atoms. The van der Waals surface area contributed by atoms with Gasteiger partial charge in [0.15, 0.2) is 5.11 Å². The van der Waals surface area contributed by atoms with Crippen molar-refractivity contribution < 1.29 is 0 Å². The number of nitrogens with zero attached hydrogens (tertiary/aromatic N) is 2. The molecule has 2 aromatic rings. The molecule has 0 aliphatic heterocycles. The van der Waals surface area contributed by atoms with E-state index in [-0.39, 0.29) is 0 Å². The summed E-state index contributed by atoms with van der Waals surface area (Å²) < 4.78 is 1.93. The molecule has 0 aliphatic rings. The molecule has 2 rings (SSSR count). The second-order valence-electron chi connectivity index (χ2n) is 4.59. The Bertz CT molecular complexity index is 586. The zero-order chi connectivity index (χ0) is 14.5. The zero-order valence-electron chi connectivity index (χ0n) is 12.1. The Labute approximate surface area is 125 Å². The molecule has 106 valence electrons. The first-order valence-electron chi connectivity index (χ1n) is 6.83. The predicted molar refractivity (Wildman–Crippen MR) is 88.3 cm³/mol. The molecule has 0 saturated carbocycles. The minimum atomic E-state index is 0.577.